The van der Waals surface area contributed by atoms with Crippen molar-refractivity contribution in [3.63, 3.8) is 0 Å². The Kier molecular flexibility index (Phi) is 4.29. The highest BCUT2D eigenvalue weighted by Crippen LogP contribution is 2.25. The van der Waals surface area contributed by atoms with Crippen LogP contribution in [-0.4, -0.2) is 23.0 Å². The molecule has 0 spiro atoms. The molecule has 1 heterocycles. The Labute approximate surface area is 131 Å². The van der Waals surface area contributed by atoms with Crippen LogP contribution in [0.25, 0.3) is 0 Å². The monoisotopic (exact) mass is 297 g/mol. The van der Waals surface area contributed by atoms with Crippen molar-refractivity contribution in [3.05, 3.63) is 53.8 Å². The van der Waals surface area contributed by atoms with Crippen LogP contribution < -0.4 is 10.7 Å². The third-order valence-electron chi connectivity index (χ3n) is 4.29. The summed E-state index contributed by atoms with van der Waals surface area (Å²) in [7, 11) is 0. The minimum atomic E-state index is -0.160. The summed E-state index contributed by atoms with van der Waals surface area (Å²) in [5.41, 5.74) is 8.03. The molecule has 3 rings (SSSR count). The highest BCUT2D eigenvalue weighted by atomic mass is 16.3. The van der Waals surface area contributed by atoms with E-state index in [4.69, 9.17) is 0 Å². The number of aryl methyl sites for hydroxylation is 1. The van der Waals surface area contributed by atoms with Crippen LogP contribution in [0.4, 0.5) is 5.69 Å². The minimum Gasteiger partial charge on any atom is -0.393 e. The zero-order chi connectivity index (χ0) is 15.5. The predicted octanol–water partition coefficient (Wildman–Crippen LogP) is 3.09. The van der Waals surface area contributed by atoms with Crippen LogP contribution in [0.15, 0.2) is 47.7 Å². The summed E-state index contributed by atoms with van der Waals surface area (Å²) < 4.78 is 0. The summed E-state index contributed by atoms with van der Waals surface area (Å²) in [6, 6.07) is 6.68. The molecule has 1 aliphatic heterocycles. The maximum absolute atomic E-state index is 9.79. The number of aliphatic hydroxyl groups is 1. The van der Waals surface area contributed by atoms with Crippen LogP contribution in [0, 0.1) is 6.92 Å². The fourth-order valence-corrected chi connectivity index (χ4v) is 3.05. The lowest BCUT2D eigenvalue weighted by Crippen LogP contribution is -2.30. The number of allylic oxidation sites excluding steroid dienone is 2. The zero-order valence-electron chi connectivity index (χ0n) is 13.0. The van der Waals surface area contributed by atoms with E-state index in [-0.39, 0.29) is 6.10 Å². The van der Waals surface area contributed by atoms with E-state index in [0.29, 0.717) is 6.04 Å². The lowest BCUT2D eigenvalue weighted by Gasteiger charge is -2.28. The van der Waals surface area contributed by atoms with Gasteiger partial charge in [-0.2, -0.15) is 5.10 Å². The van der Waals surface area contributed by atoms with Gasteiger partial charge >= 0.3 is 0 Å². The molecule has 4 heteroatoms. The number of aliphatic hydroxyl groups excluding tert-OH is 1. The molecule has 1 saturated carbocycles. The van der Waals surface area contributed by atoms with Crippen LogP contribution in [0.3, 0.4) is 0 Å². The molecule has 1 fully saturated rings. The molecule has 0 bridgehead atoms. The average molecular weight is 297 g/mol. The second-order valence-corrected chi connectivity index (χ2v) is 6.16. The molecule has 4 nitrogen and oxygen atoms in total. The number of rotatable bonds is 3. The first-order valence-electron chi connectivity index (χ1n) is 7.88. The molecule has 0 saturated heterocycles. The number of anilines is 1. The molecular formula is C18H23N3O. The highest BCUT2D eigenvalue weighted by Gasteiger charge is 2.20. The Morgan fingerprint density at radius 2 is 2.18 bits per heavy atom. The first kappa shape index (κ1) is 14.9. The van der Waals surface area contributed by atoms with Crippen molar-refractivity contribution < 1.29 is 5.11 Å². The molecule has 0 aromatic heterocycles. The lowest BCUT2D eigenvalue weighted by molar-refractivity contribution is 0.124. The summed E-state index contributed by atoms with van der Waals surface area (Å²) in [4.78, 5) is 0. The normalized spacial score (nSPS) is 24.6. The fourth-order valence-electron chi connectivity index (χ4n) is 3.05. The molecule has 2 aliphatic rings. The Bertz CT molecular complexity index is 633. The summed E-state index contributed by atoms with van der Waals surface area (Å²) in [5.74, 6) is 0. The fraction of sp³-hybridized carbons (Fsp3) is 0.389. The Morgan fingerprint density at radius 1 is 1.32 bits per heavy atom. The third-order valence-corrected chi connectivity index (χ3v) is 4.29. The van der Waals surface area contributed by atoms with Crippen molar-refractivity contribution in [3.8, 4) is 0 Å². The SMILES string of the molecule is C=C1C=CC(c2ccc(NC3CCCC(O)C3)c(C)c2)=NN1. The predicted molar refractivity (Wildman–Crippen MR) is 91.0 cm³/mol. The van der Waals surface area contributed by atoms with Gasteiger partial charge in [0.05, 0.1) is 11.8 Å². The van der Waals surface area contributed by atoms with Crippen LogP contribution in [0.1, 0.15) is 36.8 Å². The number of hydrogen-bond donors (Lipinski definition) is 3. The van der Waals surface area contributed by atoms with E-state index in [0.717, 1.165) is 48.3 Å². The van der Waals surface area contributed by atoms with Crippen LogP contribution in [0.2, 0.25) is 0 Å². The van der Waals surface area contributed by atoms with Gasteiger partial charge in [0.25, 0.3) is 0 Å². The van der Waals surface area contributed by atoms with E-state index in [2.05, 4.69) is 47.5 Å². The quantitative estimate of drug-likeness (QED) is 0.803. The van der Waals surface area contributed by atoms with Gasteiger partial charge < -0.3 is 10.4 Å². The van der Waals surface area contributed by atoms with Crippen molar-refractivity contribution in [1.82, 2.24) is 5.43 Å². The minimum absolute atomic E-state index is 0.160. The highest BCUT2D eigenvalue weighted by molar-refractivity contribution is 6.09. The molecule has 1 aromatic carbocycles. The average Bonchev–Trinajstić information content (AvgIpc) is 2.50. The maximum atomic E-state index is 9.79. The summed E-state index contributed by atoms with van der Waals surface area (Å²) >= 11 is 0. The second-order valence-electron chi connectivity index (χ2n) is 6.16. The summed E-state index contributed by atoms with van der Waals surface area (Å²) in [5, 5.41) is 17.7. The third kappa shape index (κ3) is 3.39. The van der Waals surface area contributed by atoms with Gasteiger partial charge in [-0.1, -0.05) is 12.6 Å². The van der Waals surface area contributed by atoms with Crippen molar-refractivity contribution in [2.45, 2.75) is 44.8 Å². The van der Waals surface area contributed by atoms with Crippen LogP contribution in [-0.2, 0) is 0 Å². The van der Waals surface area contributed by atoms with E-state index in [9.17, 15) is 5.11 Å². The van der Waals surface area contributed by atoms with Gasteiger partial charge in [-0.05, 0) is 62.5 Å². The van der Waals surface area contributed by atoms with Crippen LogP contribution >= 0.6 is 0 Å². The number of benzene rings is 1. The Morgan fingerprint density at radius 3 is 2.86 bits per heavy atom. The van der Waals surface area contributed by atoms with E-state index < -0.39 is 0 Å². The molecule has 3 N–H and O–H groups in total. The van der Waals surface area contributed by atoms with Crippen molar-refractivity contribution in [2.75, 3.05) is 5.32 Å². The van der Waals surface area contributed by atoms with Gasteiger partial charge in [0.1, 0.15) is 0 Å². The molecule has 0 amide bonds. The molecule has 22 heavy (non-hydrogen) atoms. The zero-order valence-corrected chi connectivity index (χ0v) is 13.0. The number of hydrogen-bond acceptors (Lipinski definition) is 4. The lowest BCUT2D eigenvalue weighted by atomic mass is 9.92. The molecule has 2 unspecified atom stereocenters. The van der Waals surface area contributed by atoms with Gasteiger partial charge in [0.2, 0.25) is 0 Å². The summed E-state index contributed by atoms with van der Waals surface area (Å²) in [6.45, 7) is 5.91. The maximum Gasteiger partial charge on any atom is 0.0906 e. The van der Waals surface area contributed by atoms with E-state index in [1.54, 1.807) is 0 Å². The molecule has 1 aromatic rings. The Balaban J connectivity index is 1.72. The molecule has 0 radical (unpaired) electrons. The second kappa shape index (κ2) is 6.36. The number of nitrogens with zero attached hydrogens (tertiary/aromatic N) is 1. The van der Waals surface area contributed by atoms with E-state index in [1.165, 1.54) is 5.56 Å². The van der Waals surface area contributed by atoms with Gasteiger partial charge in [-0.15, -0.1) is 0 Å². The van der Waals surface area contributed by atoms with Gasteiger partial charge in [-0.25, -0.2) is 0 Å². The number of hydrazone groups is 1. The van der Waals surface area contributed by atoms with Gasteiger partial charge in [0, 0.05) is 23.0 Å². The van der Waals surface area contributed by atoms with Crippen molar-refractivity contribution in [2.24, 2.45) is 5.10 Å². The van der Waals surface area contributed by atoms with Crippen molar-refractivity contribution in [1.29, 1.82) is 0 Å². The van der Waals surface area contributed by atoms with Gasteiger partial charge in [-0.3, -0.25) is 5.43 Å². The molecular weight excluding hydrogens is 274 g/mol. The largest absolute Gasteiger partial charge is 0.393 e. The van der Waals surface area contributed by atoms with Crippen molar-refractivity contribution >= 4 is 11.4 Å². The summed E-state index contributed by atoms with van der Waals surface area (Å²) in [6.07, 6.45) is 7.72. The first-order valence-corrected chi connectivity index (χ1v) is 7.88. The standard InChI is InChI=1S/C18H23N3O/c1-12-10-14(18-8-6-13(2)20-21-18)7-9-17(12)19-15-4-3-5-16(22)11-15/h6-10,15-16,19-20,22H,2-5,11H2,1H3. The molecule has 116 valence electrons. The topological polar surface area (TPSA) is 56.6 Å². The van der Waals surface area contributed by atoms with E-state index >= 15 is 0 Å². The molecule has 2 atom stereocenters. The molecule has 1 aliphatic carbocycles. The first-order chi connectivity index (χ1) is 10.6. The van der Waals surface area contributed by atoms with Crippen LogP contribution in [0.5, 0.6) is 0 Å². The number of nitrogens with one attached hydrogen (secondary N) is 2. The Hall–Kier alpha value is -2.07. The van der Waals surface area contributed by atoms with E-state index in [1.807, 2.05) is 12.2 Å². The smallest absolute Gasteiger partial charge is 0.0906 e. The van der Waals surface area contributed by atoms with Gasteiger partial charge in [0.15, 0.2) is 0 Å².